The number of esters is 1. The molecule has 4 rings (SSSR count). The van der Waals surface area contributed by atoms with Gasteiger partial charge < -0.3 is 14.8 Å². The number of para-hydroxylation sites is 2. The summed E-state index contributed by atoms with van der Waals surface area (Å²) < 4.78 is 11.1. The van der Waals surface area contributed by atoms with Gasteiger partial charge in [0.05, 0.1) is 18.7 Å². The third-order valence-corrected chi connectivity index (χ3v) is 4.83. The minimum atomic E-state index is -1.06. The van der Waals surface area contributed by atoms with Crippen molar-refractivity contribution in [3.8, 4) is 5.75 Å². The van der Waals surface area contributed by atoms with E-state index in [9.17, 15) is 14.4 Å². The molecule has 1 atom stereocenters. The zero-order valence-electron chi connectivity index (χ0n) is 15.9. The number of amides is 2. The molecule has 0 radical (unpaired) electrons. The Hall–Kier alpha value is -3.35. The van der Waals surface area contributed by atoms with Gasteiger partial charge in [-0.1, -0.05) is 42.5 Å². The highest BCUT2D eigenvalue weighted by atomic mass is 16.5. The Bertz CT molecular complexity index is 910. The second kappa shape index (κ2) is 8.34. The molecule has 0 unspecified atom stereocenters. The Morgan fingerprint density at radius 2 is 1.83 bits per heavy atom. The molecule has 1 fully saturated rings. The molecule has 29 heavy (non-hydrogen) atoms. The van der Waals surface area contributed by atoms with E-state index in [1.165, 1.54) is 4.90 Å². The van der Waals surface area contributed by atoms with Gasteiger partial charge in [0.25, 0.3) is 5.91 Å². The predicted octanol–water partition coefficient (Wildman–Crippen LogP) is 2.37. The molecule has 0 aromatic heterocycles. The van der Waals surface area contributed by atoms with Crippen molar-refractivity contribution in [2.75, 3.05) is 18.1 Å². The number of anilines is 1. The maximum atomic E-state index is 12.7. The maximum Gasteiger partial charge on any atom is 0.327 e. The van der Waals surface area contributed by atoms with E-state index in [0.29, 0.717) is 17.0 Å². The molecule has 0 bridgehead atoms. The topological polar surface area (TPSA) is 84.9 Å². The lowest BCUT2D eigenvalue weighted by molar-refractivity contribution is -0.155. The summed E-state index contributed by atoms with van der Waals surface area (Å²) in [7, 11) is 0. The van der Waals surface area contributed by atoms with Crippen LogP contribution in [0, 0.1) is 0 Å². The molecule has 2 amide bonds. The Balaban J connectivity index is 1.51. The number of nitrogens with zero attached hydrogens (tertiary/aromatic N) is 1. The fraction of sp³-hybridized carbons (Fsp3) is 0.318. The van der Waals surface area contributed by atoms with Crippen LogP contribution in [-0.2, 0) is 19.1 Å². The maximum absolute atomic E-state index is 12.7. The summed E-state index contributed by atoms with van der Waals surface area (Å²) in [4.78, 5) is 39.2. The van der Waals surface area contributed by atoms with Crippen molar-refractivity contribution < 1.29 is 23.9 Å². The number of benzene rings is 2. The molecule has 150 valence electrons. The predicted molar refractivity (Wildman–Crippen MR) is 105 cm³/mol. The lowest BCUT2D eigenvalue weighted by Crippen LogP contribution is -2.39. The molecule has 0 spiro atoms. The molecule has 1 aliphatic carbocycles. The van der Waals surface area contributed by atoms with Gasteiger partial charge >= 0.3 is 5.97 Å². The normalized spacial score (nSPS) is 16.8. The largest absolute Gasteiger partial charge is 0.491 e. The molecular formula is C22H22N2O5. The highest BCUT2D eigenvalue weighted by Gasteiger charge is 2.32. The minimum absolute atomic E-state index is 0.142. The third kappa shape index (κ3) is 4.56. The van der Waals surface area contributed by atoms with Crippen LogP contribution in [-0.4, -0.2) is 37.0 Å². The van der Waals surface area contributed by atoms with Crippen LogP contribution in [0.15, 0.2) is 54.6 Å². The summed E-state index contributed by atoms with van der Waals surface area (Å²) in [5.74, 6) is -0.698. The van der Waals surface area contributed by atoms with Gasteiger partial charge in [0.1, 0.15) is 12.3 Å². The molecule has 0 saturated heterocycles. The van der Waals surface area contributed by atoms with Gasteiger partial charge in [0.2, 0.25) is 12.0 Å². The second-order valence-corrected chi connectivity index (χ2v) is 7.11. The monoisotopic (exact) mass is 394 g/mol. The zero-order valence-corrected chi connectivity index (χ0v) is 15.9. The highest BCUT2D eigenvalue weighted by molar-refractivity contribution is 6.00. The average molecular weight is 394 g/mol. The van der Waals surface area contributed by atoms with Crippen LogP contribution >= 0.6 is 0 Å². The first-order chi connectivity index (χ1) is 14.1. The standard InChI is InChI=1S/C22H22N2O5/c25-19-12-13-28-18-9-5-4-8-17(18)24(19)14-20(26)29-21(15-6-2-1-3-7-15)22(27)23-16-10-11-16/h1-9,16,21H,10-14H2,(H,23,27)/t21-/m0/s1. The van der Waals surface area contributed by atoms with Crippen LogP contribution in [0.1, 0.15) is 30.9 Å². The SMILES string of the molecule is O=C(CN1C(=O)CCOc2ccccc21)O[C@H](C(=O)NC1CC1)c1ccccc1. The van der Waals surface area contributed by atoms with Crippen LogP contribution in [0.2, 0.25) is 0 Å². The Morgan fingerprint density at radius 1 is 1.10 bits per heavy atom. The second-order valence-electron chi connectivity index (χ2n) is 7.11. The fourth-order valence-corrected chi connectivity index (χ4v) is 3.20. The molecule has 1 aliphatic heterocycles. The van der Waals surface area contributed by atoms with Gasteiger partial charge in [-0.25, -0.2) is 0 Å². The van der Waals surface area contributed by atoms with Crippen LogP contribution in [0.4, 0.5) is 5.69 Å². The van der Waals surface area contributed by atoms with Gasteiger partial charge in [-0.15, -0.1) is 0 Å². The van der Waals surface area contributed by atoms with E-state index in [1.807, 2.05) is 6.07 Å². The van der Waals surface area contributed by atoms with Crippen LogP contribution in [0.25, 0.3) is 0 Å². The van der Waals surface area contributed by atoms with Crippen LogP contribution < -0.4 is 15.0 Å². The molecule has 2 aromatic rings. The Kier molecular flexibility index (Phi) is 5.46. The van der Waals surface area contributed by atoms with E-state index in [1.54, 1.807) is 48.5 Å². The first-order valence-electron chi connectivity index (χ1n) is 9.69. The number of hydrogen-bond acceptors (Lipinski definition) is 5. The summed E-state index contributed by atoms with van der Waals surface area (Å²) in [6.45, 7) is -0.0446. The molecule has 2 aliphatic rings. The zero-order chi connectivity index (χ0) is 20.2. The van der Waals surface area contributed by atoms with Crippen LogP contribution in [0.5, 0.6) is 5.75 Å². The van der Waals surface area contributed by atoms with E-state index < -0.39 is 12.1 Å². The van der Waals surface area contributed by atoms with Crippen LogP contribution in [0.3, 0.4) is 0 Å². The summed E-state index contributed by atoms with van der Waals surface area (Å²) in [5, 5.41) is 2.88. The smallest absolute Gasteiger partial charge is 0.327 e. The van der Waals surface area contributed by atoms with Gasteiger partial charge in [0.15, 0.2) is 0 Å². The quantitative estimate of drug-likeness (QED) is 0.761. The number of carbonyl (C=O) groups excluding carboxylic acids is 3. The van der Waals surface area contributed by atoms with Gasteiger partial charge in [0, 0.05) is 11.6 Å². The molecule has 1 N–H and O–H groups in total. The van der Waals surface area contributed by atoms with Crippen molar-refractivity contribution in [3.05, 3.63) is 60.2 Å². The molecule has 1 saturated carbocycles. The fourth-order valence-electron chi connectivity index (χ4n) is 3.20. The van der Waals surface area contributed by atoms with Crippen molar-refractivity contribution >= 4 is 23.5 Å². The summed E-state index contributed by atoms with van der Waals surface area (Å²) in [6, 6.07) is 16.1. The first-order valence-corrected chi connectivity index (χ1v) is 9.69. The molecule has 7 nitrogen and oxygen atoms in total. The number of carbonyl (C=O) groups is 3. The number of fused-ring (bicyclic) bond motifs is 1. The van der Waals surface area contributed by atoms with E-state index in [-0.39, 0.29) is 37.4 Å². The number of nitrogens with one attached hydrogen (secondary N) is 1. The molecular weight excluding hydrogens is 372 g/mol. The average Bonchev–Trinajstić information content (AvgIpc) is 3.56. The lowest BCUT2D eigenvalue weighted by atomic mass is 10.1. The van der Waals surface area contributed by atoms with E-state index >= 15 is 0 Å². The molecule has 2 aromatic carbocycles. The highest BCUT2D eigenvalue weighted by Crippen LogP contribution is 2.31. The van der Waals surface area contributed by atoms with E-state index in [4.69, 9.17) is 9.47 Å². The number of hydrogen-bond donors (Lipinski definition) is 1. The van der Waals surface area contributed by atoms with Crippen molar-refractivity contribution in [2.24, 2.45) is 0 Å². The summed E-state index contributed by atoms with van der Waals surface area (Å²) in [5.41, 5.74) is 1.11. The van der Waals surface area contributed by atoms with Crippen molar-refractivity contribution in [3.63, 3.8) is 0 Å². The van der Waals surface area contributed by atoms with Crippen molar-refractivity contribution in [1.29, 1.82) is 0 Å². The molecule has 7 heteroatoms. The van der Waals surface area contributed by atoms with E-state index in [0.717, 1.165) is 12.8 Å². The number of rotatable bonds is 6. The van der Waals surface area contributed by atoms with Crippen molar-refractivity contribution in [1.82, 2.24) is 5.32 Å². The van der Waals surface area contributed by atoms with Gasteiger partial charge in [-0.05, 0) is 25.0 Å². The van der Waals surface area contributed by atoms with Crippen molar-refractivity contribution in [2.45, 2.75) is 31.4 Å². The summed E-state index contributed by atoms with van der Waals surface area (Å²) in [6.07, 6.45) is 0.963. The minimum Gasteiger partial charge on any atom is -0.491 e. The van der Waals surface area contributed by atoms with Gasteiger partial charge in [-0.3, -0.25) is 19.3 Å². The van der Waals surface area contributed by atoms with E-state index in [2.05, 4.69) is 5.32 Å². The summed E-state index contributed by atoms with van der Waals surface area (Å²) >= 11 is 0. The molecule has 1 heterocycles. The lowest BCUT2D eigenvalue weighted by Gasteiger charge is -2.23. The van der Waals surface area contributed by atoms with Gasteiger partial charge in [-0.2, -0.15) is 0 Å². The Morgan fingerprint density at radius 3 is 2.59 bits per heavy atom. The first kappa shape index (κ1) is 19.0. The Labute approximate surface area is 168 Å². The third-order valence-electron chi connectivity index (χ3n) is 4.83. The number of ether oxygens (including phenoxy) is 2.